The summed E-state index contributed by atoms with van der Waals surface area (Å²) >= 11 is 7.37. The minimum absolute atomic E-state index is 0.240. The molecule has 0 saturated heterocycles. The normalized spacial score (nSPS) is 15.2. The lowest BCUT2D eigenvalue weighted by Crippen LogP contribution is -2.40. The van der Waals surface area contributed by atoms with Crippen LogP contribution in [0, 0.1) is 5.82 Å². The fourth-order valence-corrected chi connectivity index (χ4v) is 5.60. The minimum atomic E-state index is -0.730. The van der Waals surface area contributed by atoms with Gasteiger partial charge in [0, 0.05) is 10.6 Å². The van der Waals surface area contributed by atoms with Crippen LogP contribution in [-0.2, 0) is 16.1 Å². The lowest BCUT2D eigenvalue weighted by molar-refractivity contribution is -0.143. The number of carbonyl (C=O) groups is 1. The lowest BCUT2D eigenvalue weighted by atomic mass is 9.96. The molecule has 2 heterocycles. The predicted molar refractivity (Wildman–Crippen MR) is 154 cm³/mol. The van der Waals surface area contributed by atoms with E-state index in [1.165, 1.54) is 28.0 Å². The maximum atomic E-state index is 13.9. The fourth-order valence-electron chi connectivity index (χ4n) is 4.43. The first-order chi connectivity index (χ1) is 19.2. The molecule has 5 rings (SSSR count). The van der Waals surface area contributed by atoms with Crippen LogP contribution in [0.5, 0.6) is 5.75 Å². The van der Waals surface area contributed by atoms with Crippen LogP contribution in [0.25, 0.3) is 6.08 Å². The molecule has 6 nitrogen and oxygen atoms in total. The monoisotopic (exact) mass is 576 g/mol. The van der Waals surface area contributed by atoms with E-state index in [0.717, 1.165) is 5.56 Å². The van der Waals surface area contributed by atoms with E-state index in [9.17, 15) is 14.0 Å². The van der Waals surface area contributed by atoms with Crippen molar-refractivity contribution in [3.05, 3.63) is 131 Å². The number of halogens is 2. The molecule has 204 valence electrons. The van der Waals surface area contributed by atoms with Gasteiger partial charge in [-0.25, -0.2) is 14.2 Å². The van der Waals surface area contributed by atoms with Crippen LogP contribution in [0.1, 0.15) is 43.5 Å². The number of rotatable bonds is 7. The molecule has 0 spiro atoms. The van der Waals surface area contributed by atoms with Gasteiger partial charge in [-0.05, 0) is 68.3 Å². The number of nitrogens with zero attached hydrogens (tertiary/aromatic N) is 2. The van der Waals surface area contributed by atoms with Crippen molar-refractivity contribution in [3.63, 3.8) is 0 Å². The van der Waals surface area contributed by atoms with E-state index < -0.39 is 12.0 Å². The molecule has 40 heavy (non-hydrogen) atoms. The quantitative estimate of drug-likeness (QED) is 0.270. The number of ether oxygens (including phenoxy) is 2. The smallest absolute Gasteiger partial charge is 0.338 e. The number of esters is 1. The van der Waals surface area contributed by atoms with Crippen molar-refractivity contribution in [2.75, 3.05) is 0 Å². The number of allylic oxidation sites excluding steroid dienone is 1. The van der Waals surface area contributed by atoms with Gasteiger partial charge in [0.15, 0.2) is 4.80 Å². The van der Waals surface area contributed by atoms with Gasteiger partial charge >= 0.3 is 5.97 Å². The molecular formula is C31H26ClFN2O4S. The summed E-state index contributed by atoms with van der Waals surface area (Å²) in [6, 6.07) is 19.8. The second-order valence-electron chi connectivity index (χ2n) is 9.54. The van der Waals surface area contributed by atoms with Gasteiger partial charge in [0.25, 0.3) is 5.56 Å². The lowest BCUT2D eigenvalue weighted by Gasteiger charge is -2.25. The molecule has 0 unspecified atom stereocenters. The van der Waals surface area contributed by atoms with E-state index >= 15 is 0 Å². The van der Waals surface area contributed by atoms with E-state index in [1.54, 1.807) is 63.2 Å². The Hall–Kier alpha value is -4.01. The highest BCUT2D eigenvalue weighted by atomic mass is 35.5. The molecular weight excluding hydrogens is 551 g/mol. The molecule has 4 aromatic rings. The molecule has 1 atom stereocenters. The molecule has 0 aliphatic carbocycles. The first-order valence-electron chi connectivity index (χ1n) is 12.7. The summed E-state index contributed by atoms with van der Waals surface area (Å²) in [7, 11) is 0. The van der Waals surface area contributed by atoms with Crippen LogP contribution in [-0.4, -0.2) is 16.6 Å². The standard InChI is InChI=1S/C31H26ClFN2O4S/c1-18(2)39-30(37)27-19(3)34-31-35(28(27)21-10-12-23(32)13-11-21)29(36)26(40-31)16-22-6-4-5-7-25(22)38-17-20-8-14-24(33)15-9-20/h4-16,18,28H,17H2,1-3H3/b26-16-/t28-/m0/s1. The number of hydrogen-bond acceptors (Lipinski definition) is 6. The van der Waals surface area contributed by atoms with E-state index in [1.807, 2.05) is 24.3 Å². The maximum Gasteiger partial charge on any atom is 0.338 e. The van der Waals surface area contributed by atoms with Gasteiger partial charge < -0.3 is 9.47 Å². The zero-order valence-electron chi connectivity index (χ0n) is 22.1. The summed E-state index contributed by atoms with van der Waals surface area (Å²) in [5.74, 6) is -0.262. The zero-order valence-corrected chi connectivity index (χ0v) is 23.6. The van der Waals surface area contributed by atoms with E-state index in [-0.39, 0.29) is 24.1 Å². The van der Waals surface area contributed by atoms with Crippen LogP contribution < -0.4 is 19.6 Å². The van der Waals surface area contributed by atoms with Crippen LogP contribution in [0.3, 0.4) is 0 Å². The largest absolute Gasteiger partial charge is 0.488 e. The van der Waals surface area contributed by atoms with Crippen LogP contribution in [0.4, 0.5) is 4.39 Å². The predicted octanol–water partition coefficient (Wildman–Crippen LogP) is 5.56. The summed E-state index contributed by atoms with van der Waals surface area (Å²) in [5.41, 5.74) is 2.73. The Bertz CT molecular complexity index is 1770. The molecule has 0 fully saturated rings. The molecule has 0 bridgehead atoms. The second-order valence-corrected chi connectivity index (χ2v) is 11.0. The van der Waals surface area contributed by atoms with Crippen LogP contribution in [0.2, 0.25) is 5.02 Å². The van der Waals surface area contributed by atoms with E-state index in [2.05, 4.69) is 4.99 Å². The van der Waals surface area contributed by atoms with E-state index in [0.29, 0.717) is 42.5 Å². The molecule has 1 aromatic heterocycles. The third-order valence-electron chi connectivity index (χ3n) is 6.28. The first-order valence-corrected chi connectivity index (χ1v) is 13.9. The average molecular weight is 577 g/mol. The number of benzene rings is 3. The molecule has 1 aliphatic heterocycles. The number of para-hydroxylation sites is 1. The third kappa shape index (κ3) is 5.78. The molecule has 1 aliphatic rings. The Labute approximate surface area is 239 Å². The molecule has 0 amide bonds. The van der Waals surface area contributed by atoms with Gasteiger partial charge in [0.2, 0.25) is 0 Å². The van der Waals surface area contributed by atoms with Crippen molar-refractivity contribution in [2.45, 2.75) is 39.5 Å². The highest BCUT2D eigenvalue weighted by Gasteiger charge is 2.33. The Morgan fingerprint density at radius 3 is 2.50 bits per heavy atom. The Morgan fingerprint density at radius 2 is 1.80 bits per heavy atom. The summed E-state index contributed by atoms with van der Waals surface area (Å²) in [6.07, 6.45) is 1.42. The van der Waals surface area contributed by atoms with Gasteiger partial charge in [-0.1, -0.05) is 65.4 Å². The summed E-state index contributed by atoms with van der Waals surface area (Å²) in [6.45, 7) is 5.53. The van der Waals surface area contributed by atoms with Gasteiger partial charge in [-0.2, -0.15) is 0 Å². The van der Waals surface area contributed by atoms with Gasteiger partial charge in [-0.15, -0.1) is 0 Å². The highest BCUT2D eigenvalue weighted by Crippen LogP contribution is 2.31. The SMILES string of the molecule is CC1=C(C(=O)OC(C)C)[C@H](c2ccc(Cl)cc2)n2c(s/c(=C\c3ccccc3OCc3ccc(F)cc3)c2=O)=N1. The first kappa shape index (κ1) is 27.6. The maximum absolute atomic E-state index is 13.9. The number of hydrogen-bond donors (Lipinski definition) is 0. The second kappa shape index (κ2) is 11.6. The average Bonchev–Trinajstić information content (AvgIpc) is 3.22. The van der Waals surface area contributed by atoms with Crippen molar-refractivity contribution < 1.29 is 18.7 Å². The van der Waals surface area contributed by atoms with Crippen LogP contribution in [0.15, 0.2) is 93.9 Å². The molecule has 3 aromatic carbocycles. The fraction of sp³-hybridized carbons (Fsp3) is 0.194. The van der Waals surface area contributed by atoms with Crippen molar-refractivity contribution in [3.8, 4) is 5.75 Å². The van der Waals surface area contributed by atoms with Gasteiger partial charge in [0.05, 0.1) is 27.9 Å². The molecule has 9 heteroatoms. The number of aromatic nitrogens is 1. The molecule has 0 radical (unpaired) electrons. The Morgan fingerprint density at radius 1 is 1.10 bits per heavy atom. The number of fused-ring (bicyclic) bond motifs is 1. The van der Waals surface area contributed by atoms with Crippen molar-refractivity contribution in [2.24, 2.45) is 4.99 Å². The van der Waals surface area contributed by atoms with Crippen LogP contribution >= 0.6 is 22.9 Å². The summed E-state index contributed by atoms with van der Waals surface area (Å²) in [4.78, 5) is 32.2. The Kier molecular flexibility index (Phi) is 8.00. The van der Waals surface area contributed by atoms with Gasteiger partial charge in [0.1, 0.15) is 18.2 Å². The third-order valence-corrected chi connectivity index (χ3v) is 7.52. The number of thiazole rings is 1. The van der Waals surface area contributed by atoms with Crippen molar-refractivity contribution in [1.29, 1.82) is 0 Å². The molecule has 0 saturated carbocycles. The summed E-state index contributed by atoms with van der Waals surface area (Å²) < 4.78 is 26.8. The zero-order chi connectivity index (χ0) is 28.4. The topological polar surface area (TPSA) is 69.9 Å². The van der Waals surface area contributed by atoms with Crippen molar-refractivity contribution >= 4 is 35.0 Å². The minimum Gasteiger partial charge on any atom is -0.488 e. The van der Waals surface area contributed by atoms with Gasteiger partial charge in [-0.3, -0.25) is 9.36 Å². The van der Waals surface area contributed by atoms with E-state index in [4.69, 9.17) is 21.1 Å². The molecule has 0 N–H and O–H groups in total. The number of carbonyl (C=O) groups excluding carboxylic acids is 1. The summed E-state index contributed by atoms with van der Waals surface area (Å²) in [5, 5.41) is 0.542. The highest BCUT2D eigenvalue weighted by molar-refractivity contribution is 7.07. The Balaban J connectivity index is 1.59. The van der Waals surface area contributed by atoms with Crippen molar-refractivity contribution in [1.82, 2.24) is 4.57 Å².